The molecule has 8 heteroatoms. The Morgan fingerprint density at radius 2 is 1.94 bits per heavy atom. The molecular weight excluding hydrogens is 254 g/mol. The van der Waals surface area contributed by atoms with Crippen LogP contribution in [-0.4, -0.2) is 43.7 Å². The Morgan fingerprint density at radius 3 is 2.25 bits per heavy atom. The maximum absolute atomic E-state index is 11.2. The van der Waals surface area contributed by atoms with Gasteiger partial charge in [0.15, 0.2) is 0 Å². The molecule has 0 aromatic rings. The van der Waals surface area contributed by atoms with E-state index < -0.39 is 25.4 Å². The minimum atomic E-state index is -4.07. The normalized spacial score (nSPS) is 24.4. The second-order valence-electron chi connectivity index (χ2n) is 3.89. The van der Waals surface area contributed by atoms with E-state index in [1.807, 2.05) is 0 Å². The molecule has 0 aliphatic carbocycles. The number of hydrogen-bond acceptors (Lipinski definition) is 4. The highest BCUT2D eigenvalue weighted by molar-refractivity contribution is 7.88. The molecule has 1 aliphatic rings. The Kier molecular flexibility index (Phi) is 3.65. The van der Waals surface area contributed by atoms with Gasteiger partial charge in [-0.05, 0) is 19.3 Å². The lowest BCUT2D eigenvalue weighted by Gasteiger charge is -2.27. The van der Waals surface area contributed by atoms with Crippen molar-refractivity contribution in [1.82, 2.24) is 4.31 Å². The summed E-state index contributed by atoms with van der Waals surface area (Å²) >= 11 is 0. The van der Waals surface area contributed by atoms with Gasteiger partial charge in [-0.1, -0.05) is 6.08 Å². The fourth-order valence-electron chi connectivity index (χ4n) is 1.54. The maximum atomic E-state index is 11.2. The molecule has 0 saturated heterocycles. The van der Waals surface area contributed by atoms with Crippen LogP contribution in [0.4, 0.5) is 0 Å². The second kappa shape index (κ2) is 4.34. The number of rotatable bonds is 3. The van der Waals surface area contributed by atoms with Crippen LogP contribution in [0.5, 0.6) is 0 Å². The zero-order chi connectivity index (χ0) is 12.6. The molecule has 0 aromatic carbocycles. The third-order valence-corrected chi connectivity index (χ3v) is 5.13. The molecule has 0 fully saturated rings. The van der Waals surface area contributed by atoms with E-state index in [0.717, 1.165) is 10.6 Å². The van der Waals surface area contributed by atoms with Crippen LogP contribution in [0.1, 0.15) is 13.3 Å². The highest BCUT2D eigenvalue weighted by Crippen LogP contribution is 2.22. The molecule has 1 rings (SSSR count). The van der Waals surface area contributed by atoms with Gasteiger partial charge in [0.25, 0.3) is 10.1 Å². The van der Waals surface area contributed by atoms with Gasteiger partial charge >= 0.3 is 0 Å². The SMILES string of the molecule is CC(C1C=CN(S(C)(=O)=O)CC1)S(=O)(=O)O. The van der Waals surface area contributed by atoms with Gasteiger partial charge in [0.05, 0.1) is 11.5 Å². The summed E-state index contributed by atoms with van der Waals surface area (Å²) in [7, 11) is -7.35. The molecule has 2 unspecified atom stereocenters. The van der Waals surface area contributed by atoms with Crippen molar-refractivity contribution in [3.63, 3.8) is 0 Å². The van der Waals surface area contributed by atoms with E-state index in [4.69, 9.17) is 4.55 Å². The molecule has 6 nitrogen and oxygen atoms in total. The minimum Gasteiger partial charge on any atom is -0.285 e. The van der Waals surface area contributed by atoms with Crippen LogP contribution >= 0.6 is 0 Å². The highest BCUT2D eigenvalue weighted by Gasteiger charge is 2.29. The summed E-state index contributed by atoms with van der Waals surface area (Å²) in [5, 5.41) is -0.912. The first-order valence-corrected chi connectivity index (χ1v) is 8.09. The lowest BCUT2D eigenvalue weighted by Crippen LogP contribution is -2.35. The Bertz CT molecular complexity index is 479. The van der Waals surface area contributed by atoms with Crippen molar-refractivity contribution in [3.05, 3.63) is 12.3 Å². The van der Waals surface area contributed by atoms with Gasteiger partial charge in [0.2, 0.25) is 10.0 Å². The molecule has 1 aliphatic heterocycles. The molecular formula is C8H15NO5S2. The van der Waals surface area contributed by atoms with Crippen LogP contribution in [0.25, 0.3) is 0 Å². The lowest BCUT2D eigenvalue weighted by molar-refractivity contribution is 0.403. The monoisotopic (exact) mass is 269 g/mol. The summed E-state index contributed by atoms with van der Waals surface area (Å²) < 4.78 is 54.2. The number of sulfonamides is 1. The first kappa shape index (κ1) is 13.5. The van der Waals surface area contributed by atoms with Crippen molar-refractivity contribution in [2.45, 2.75) is 18.6 Å². The first-order chi connectivity index (χ1) is 7.12. The van der Waals surface area contributed by atoms with E-state index in [1.165, 1.54) is 19.2 Å². The topological polar surface area (TPSA) is 91.8 Å². The van der Waals surface area contributed by atoms with Crippen LogP contribution in [-0.2, 0) is 20.1 Å². The van der Waals surface area contributed by atoms with Gasteiger partial charge in [0, 0.05) is 12.7 Å². The first-order valence-electron chi connectivity index (χ1n) is 4.74. The highest BCUT2D eigenvalue weighted by atomic mass is 32.2. The van der Waals surface area contributed by atoms with Crippen molar-refractivity contribution < 1.29 is 21.4 Å². The molecule has 0 aromatic heterocycles. The second-order valence-corrected chi connectivity index (χ2v) is 7.60. The molecule has 1 heterocycles. The van der Waals surface area contributed by atoms with Crippen LogP contribution < -0.4 is 0 Å². The Labute approximate surface area is 95.7 Å². The summed E-state index contributed by atoms with van der Waals surface area (Å²) in [6.45, 7) is 1.64. The molecule has 94 valence electrons. The van der Waals surface area contributed by atoms with Gasteiger partial charge in [-0.3, -0.25) is 8.86 Å². The Hall–Kier alpha value is -0.600. The molecule has 16 heavy (non-hydrogen) atoms. The molecule has 0 bridgehead atoms. The average Bonchev–Trinajstić information content (AvgIpc) is 2.14. The van der Waals surface area contributed by atoms with E-state index in [-0.39, 0.29) is 12.5 Å². The lowest BCUT2D eigenvalue weighted by atomic mass is 10.0. The zero-order valence-corrected chi connectivity index (χ0v) is 10.7. The van der Waals surface area contributed by atoms with Crippen molar-refractivity contribution in [1.29, 1.82) is 0 Å². The van der Waals surface area contributed by atoms with E-state index in [0.29, 0.717) is 6.42 Å². The van der Waals surface area contributed by atoms with Gasteiger partial charge in [-0.15, -0.1) is 0 Å². The predicted octanol–water partition coefficient (Wildman–Crippen LogP) is 0.0579. The summed E-state index contributed by atoms with van der Waals surface area (Å²) in [5.41, 5.74) is 0. The van der Waals surface area contributed by atoms with Gasteiger partial charge in [0.1, 0.15) is 0 Å². The van der Waals surface area contributed by atoms with Gasteiger partial charge in [-0.25, -0.2) is 8.42 Å². The van der Waals surface area contributed by atoms with Gasteiger partial charge in [-0.2, -0.15) is 8.42 Å². The summed E-state index contributed by atoms with van der Waals surface area (Å²) in [4.78, 5) is 0. The largest absolute Gasteiger partial charge is 0.285 e. The standard InChI is InChI=1S/C8H15NO5S2/c1-7(16(12,13)14)8-3-5-9(6-4-8)15(2,10)11/h3,5,7-8H,4,6H2,1-2H3,(H,12,13,14). The van der Waals surface area contributed by atoms with E-state index in [2.05, 4.69) is 0 Å². The van der Waals surface area contributed by atoms with E-state index in [9.17, 15) is 16.8 Å². The van der Waals surface area contributed by atoms with Crippen LogP contribution in [0, 0.1) is 5.92 Å². The van der Waals surface area contributed by atoms with Crippen molar-refractivity contribution in [2.24, 2.45) is 5.92 Å². The Morgan fingerprint density at radius 1 is 1.38 bits per heavy atom. The average molecular weight is 269 g/mol. The van der Waals surface area contributed by atoms with Crippen LogP contribution in [0.15, 0.2) is 12.3 Å². The smallest absolute Gasteiger partial charge is 0.268 e. The fourth-order valence-corrected chi connectivity index (χ4v) is 2.94. The molecule has 0 amide bonds. The third kappa shape index (κ3) is 3.19. The zero-order valence-electron chi connectivity index (χ0n) is 9.07. The summed E-state index contributed by atoms with van der Waals surface area (Å²) in [6, 6.07) is 0. The van der Waals surface area contributed by atoms with E-state index >= 15 is 0 Å². The van der Waals surface area contributed by atoms with Crippen molar-refractivity contribution >= 4 is 20.1 Å². The van der Waals surface area contributed by atoms with Crippen LogP contribution in [0.2, 0.25) is 0 Å². The number of hydrogen-bond donors (Lipinski definition) is 1. The molecule has 0 saturated carbocycles. The van der Waals surface area contributed by atoms with Gasteiger partial charge < -0.3 is 0 Å². The molecule has 0 radical (unpaired) electrons. The number of nitrogens with zero attached hydrogens (tertiary/aromatic N) is 1. The summed E-state index contributed by atoms with van der Waals surface area (Å²) in [5.74, 6) is -0.354. The predicted molar refractivity (Wildman–Crippen MR) is 59.8 cm³/mol. The molecule has 2 atom stereocenters. The molecule has 1 N–H and O–H groups in total. The van der Waals surface area contributed by atoms with Crippen LogP contribution in [0.3, 0.4) is 0 Å². The fraction of sp³-hybridized carbons (Fsp3) is 0.750. The van der Waals surface area contributed by atoms with Crippen molar-refractivity contribution in [3.8, 4) is 0 Å². The van der Waals surface area contributed by atoms with Crippen molar-refractivity contribution in [2.75, 3.05) is 12.8 Å². The summed E-state index contributed by atoms with van der Waals surface area (Å²) in [6.07, 6.45) is 4.32. The quantitative estimate of drug-likeness (QED) is 0.731. The molecule has 0 spiro atoms. The minimum absolute atomic E-state index is 0.236. The number of allylic oxidation sites excluding steroid dienone is 1. The van der Waals surface area contributed by atoms with E-state index in [1.54, 1.807) is 0 Å². The maximum Gasteiger partial charge on any atom is 0.268 e. The Balaban J connectivity index is 2.81. The third-order valence-electron chi connectivity index (χ3n) is 2.68.